The largest absolute Gasteiger partial charge is 0.465 e. The number of benzene rings is 1. The number of pyridine rings is 1. The van der Waals surface area contributed by atoms with Gasteiger partial charge in [0.05, 0.1) is 17.2 Å². The van der Waals surface area contributed by atoms with Crippen LogP contribution in [0, 0.1) is 0 Å². The van der Waals surface area contributed by atoms with Crippen LogP contribution in [0.5, 0.6) is 0 Å². The molecule has 0 aliphatic carbocycles. The van der Waals surface area contributed by atoms with Crippen LogP contribution in [0.4, 0.5) is 0 Å². The van der Waals surface area contributed by atoms with Gasteiger partial charge in [-0.25, -0.2) is 19.2 Å². The lowest BCUT2D eigenvalue weighted by Gasteiger charge is -1.98. The van der Waals surface area contributed by atoms with E-state index in [2.05, 4.69) is 30.6 Å². The molecule has 4 rings (SSSR count). The molecule has 3 heterocycles. The Morgan fingerprint density at radius 2 is 2.08 bits per heavy atom. The Bertz CT molecular complexity index is 1230. The van der Waals surface area contributed by atoms with Crippen LogP contribution in [-0.2, 0) is 4.74 Å². The number of thiazole rings is 1. The number of aromatic nitrogens is 3. The van der Waals surface area contributed by atoms with E-state index in [0.29, 0.717) is 26.2 Å². The maximum atomic E-state index is 12.7. The van der Waals surface area contributed by atoms with E-state index in [1.807, 2.05) is 6.07 Å². The number of nitrogens with zero attached hydrogens (tertiary/aromatic N) is 3. The Balaban J connectivity index is 1.84. The van der Waals surface area contributed by atoms with Crippen LogP contribution < -0.4 is 10.1 Å². The van der Waals surface area contributed by atoms with Crippen LogP contribution in [-0.4, -0.2) is 27.4 Å². The maximum absolute atomic E-state index is 12.7. The molecule has 124 valence electrons. The topological polar surface area (TPSA) is 73.6 Å². The summed E-state index contributed by atoms with van der Waals surface area (Å²) in [5, 5.41) is 0. The molecule has 8 heteroatoms. The van der Waals surface area contributed by atoms with Crippen molar-refractivity contribution in [2.75, 3.05) is 7.11 Å². The summed E-state index contributed by atoms with van der Waals surface area (Å²) >= 11 is 4.65. The Hall–Kier alpha value is -2.58. The quantitative estimate of drug-likeness (QED) is 0.470. The number of carbonyl (C=O) groups is 1. The third kappa shape index (κ3) is 2.73. The van der Waals surface area contributed by atoms with Crippen LogP contribution in [0.25, 0.3) is 22.2 Å². The van der Waals surface area contributed by atoms with Crippen LogP contribution in [0.2, 0.25) is 0 Å². The highest BCUT2D eigenvalue weighted by atomic mass is 79.9. The van der Waals surface area contributed by atoms with Gasteiger partial charge in [-0.1, -0.05) is 23.5 Å². The highest BCUT2D eigenvalue weighted by molar-refractivity contribution is 9.10. The summed E-state index contributed by atoms with van der Waals surface area (Å²) in [6, 6.07) is 8.68. The van der Waals surface area contributed by atoms with Gasteiger partial charge in [0.1, 0.15) is 5.52 Å². The molecule has 25 heavy (non-hydrogen) atoms. The number of ether oxygens (including phenoxy) is 1. The first-order valence-electron chi connectivity index (χ1n) is 7.23. The molecule has 1 aromatic carbocycles. The van der Waals surface area contributed by atoms with Crippen molar-refractivity contribution < 1.29 is 9.53 Å². The Morgan fingerprint density at radius 3 is 2.80 bits per heavy atom. The molecule has 0 radical (unpaired) electrons. The first kappa shape index (κ1) is 15.9. The van der Waals surface area contributed by atoms with Crippen molar-refractivity contribution in [1.29, 1.82) is 0 Å². The van der Waals surface area contributed by atoms with Crippen LogP contribution in [0.1, 0.15) is 15.9 Å². The normalized spacial score (nSPS) is 12.2. The summed E-state index contributed by atoms with van der Waals surface area (Å²) in [6.45, 7) is 0. The number of rotatable bonds is 2. The maximum Gasteiger partial charge on any atom is 0.337 e. The van der Waals surface area contributed by atoms with E-state index in [0.717, 1.165) is 10.0 Å². The molecule has 0 bridgehead atoms. The van der Waals surface area contributed by atoms with E-state index in [4.69, 9.17) is 0 Å². The monoisotopic (exact) mass is 415 g/mol. The Kier molecular flexibility index (Phi) is 3.85. The molecule has 0 aliphatic heterocycles. The van der Waals surface area contributed by atoms with Gasteiger partial charge in [-0.3, -0.25) is 4.79 Å². The van der Waals surface area contributed by atoms with Crippen molar-refractivity contribution in [1.82, 2.24) is 14.4 Å². The van der Waals surface area contributed by atoms with Gasteiger partial charge in [-0.15, -0.1) is 0 Å². The van der Waals surface area contributed by atoms with Gasteiger partial charge in [-0.05, 0) is 45.8 Å². The average Bonchev–Trinajstić information content (AvgIpc) is 3.11. The van der Waals surface area contributed by atoms with Gasteiger partial charge < -0.3 is 4.74 Å². The summed E-state index contributed by atoms with van der Waals surface area (Å²) in [5.74, 6) is -0.394. The van der Waals surface area contributed by atoms with E-state index in [9.17, 15) is 9.59 Å². The average molecular weight is 416 g/mol. The number of methoxy groups -OCH3 is 1. The Labute approximate surface area is 153 Å². The SMILES string of the molecule is COC(=O)c1ccc(/C=c2/sc3nc4cc(Br)cnc4n3c2=O)cc1. The fraction of sp³-hybridized carbons (Fsp3) is 0.0588. The van der Waals surface area contributed by atoms with Crippen molar-refractivity contribution in [3.8, 4) is 0 Å². The van der Waals surface area contributed by atoms with Gasteiger partial charge in [-0.2, -0.15) is 0 Å². The van der Waals surface area contributed by atoms with Gasteiger partial charge in [0.25, 0.3) is 5.56 Å². The highest BCUT2D eigenvalue weighted by Gasteiger charge is 2.12. The van der Waals surface area contributed by atoms with Crippen LogP contribution in [0.3, 0.4) is 0 Å². The predicted octanol–water partition coefficient (Wildman–Crippen LogP) is 2.40. The molecule has 0 N–H and O–H groups in total. The summed E-state index contributed by atoms with van der Waals surface area (Å²) < 4.78 is 7.56. The number of hydrogen-bond donors (Lipinski definition) is 0. The molecule has 4 aromatic rings. The molecular weight excluding hydrogens is 406 g/mol. The van der Waals surface area contributed by atoms with Crippen LogP contribution in [0.15, 0.2) is 45.8 Å². The molecule has 0 fully saturated rings. The Morgan fingerprint density at radius 1 is 1.32 bits per heavy atom. The first-order valence-corrected chi connectivity index (χ1v) is 8.84. The van der Waals surface area contributed by atoms with Crippen molar-refractivity contribution in [2.45, 2.75) is 0 Å². The zero-order valence-corrected chi connectivity index (χ0v) is 15.3. The molecule has 0 atom stereocenters. The number of halogens is 1. The molecular formula is C17H10BrN3O3S. The highest BCUT2D eigenvalue weighted by Crippen LogP contribution is 2.18. The second kappa shape index (κ2) is 6.05. The minimum Gasteiger partial charge on any atom is -0.465 e. The number of hydrogen-bond acceptors (Lipinski definition) is 6. The standard InChI is InChI=1S/C17H10BrN3O3S/c1-24-16(23)10-4-2-9(3-5-10)6-13-15(22)21-14-12(20-17(21)25-13)7-11(18)8-19-14/h2-8H,1H3/b13-6+. The third-order valence-electron chi connectivity index (χ3n) is 3.68. The fourth-order valence-corrected chi connectivity index (χ4v) is 3.79. The van der Waals surface area contributed by atoms with Crippen molar-refractivity contribution in [2.24, 2.45) is 0 Å². The lowest BCUT2D eigenvalue weighted by molar-refractivity contribution is 0.0600. The molecule has 6 nitrogen and oxygen atoms in total. The second-order valence-electron chi connectivity index (χ2n) is 5.26. The molecule has 3 aromatic heterocycles. The fourth-order valence-electron chi connectivity index (χ4n) is 2.50. The molecule has 0 unspecified atom stereocenters. The molecule has 0 saturated carbocycles. The third-order valence-corrected chi connectivity index (χ3v) is 5.08. The number of carbonyl (C=O) groups excluding carboxylic acids is 1. The molecule has 0 amide bonds. The predicted molar refractivity (Wildman–Crippen MR) is 98.9 cm³/mol. The lowest BCUT2D eigenvalue weighted by Crippen LogP contribution is -2.22. The van der Waals surface area contributed by atoms with E-state index in [-0.39, 0.29) is 5.56 Å². The summed E-state index contributed by atoms with van der Waals surface area (Å²) in [7, 11) is 1.34. The van der Waals surface area contributed by atoms with Crippen LogP contribution >= 0.6 is 27.3 Å². The molecule has 0 saturated heterocycles. The second-order valence-corrected chi connectivity index (χ2v) is 7.18. The molecule has 0 aliphatic rings. The van der Waals surface area contributed by atoms with Gasteiger partial charge in [0, 0.05) is 10.7 Å². The van der Waals surface area contributed by atoms with Gasteiger partial charge >= 0.3 is 5.97 Å². The molecule has 0 spiro atoms. The van der Waals surface area contributed by atoms with E-state index >= 15 is 0 Å². The lowest BCUT2D eigenvalue weighted by atomic mass is 10.1. The van der Waals surface area contributed by atoms with Crippen molar-refractivity contribution in [3.63, 3.8) is 0 Å². The zero-order valence-electron chi connectivity index (χ0n) is 12.9. The summed E-state index contributed by atoms with van der Waals surface area (Å²) in [5.41, 5.74) is 2.33. The minimum absolute atomic E-state index is 0.158. The van der Waals surface area contributed by atoms with Crippen molar-refractivity contribution >= 4 is 55.4 Å². The van der Waals surface area contributed by atoms with Gasteiger partial charge in [0.15, 0.2) is 10.6 Å². The summed E-state index contributed by atoms with van der Waals surface area (Å²) in [6.07, 6.45) is 3.41. The number of imidazole rings is 1. The van der Waals surface area contributed by atoms with Crippen molar-refractivity contribution in [3.05, 3.63) is 67.0 Å². The van der Waals surface area contributed by atoms with E-state index in [1.54, 1.807) is 36.5 Å². The van der Waals surface area contributed by atoms with Gasteiger partial charge in [0.2, 0.25) is 0 Å². The zero-order chi connectivity index (χ0) is 17.6. The number of esters is 1. The smallest absolute Gasteiger partial charge is 0.337 e. The van der Waals surface area contributed by atoms with E-state index in [1.165, 1.54) is 22.8 Å². The first-order chi connectivity index (χ1) is 12.1. The minimum atomic E-state index is -0.394. The summed E-state index contributed by atoms with van der Waals surface area (Å²) in [4.78, 5) is 33.5. The number of fused-ring (bicyclic) bond motifs is 3. The van der Waals surface area contributed by atoms with E-state index < -0.39 is 5.97 Å².